The lowest BCUT2D eigenvalue weighted by atomic mass is 10.1. The Morgan fingerprint density at radius 2 is 1.95 bits per heavy atom. The van der Waals surface area contributed by atoms with Gasteiger partial charge in [-0.05, 0) is 32.0 Å². The second kappa shape index (κ2) is 5.40. The molecule has 0 atom stereocenters. The summed E-state index contributed by atoms with van der Waals surface area (Å²) in [4.78, 5) is 11.0. The molecule has 0 saturated carbocycles. The maximum atomic E-state index is 12.4. The van der Waals surface area contributed by atoms with Gasteiger partial charge in [0.25, 0.3) is 0 Å². The van der Waals surface area contributed by atoms with E-state index in [0.29, 0.717) is 4.47 Å². The van der Waals surface area contributed by atoms with Crippen LogP contribution in [0.15, 0.2) is 27.6 Å². The summed E-state index contributed by atoms with van der Waals surface area (Å²) >= 11 is 9.08. The average molecular weight is 371 g/mol. The predicted octanol–water partition coefficient (Wildman–Crippen LogP) is 2.59. The Bertz CT molecular complexity index is 615. The molecule has 0 aliphatic rings. The Hall–Kier alpha value is -0.630. The first-order valence-electron chi connectivity index (χ1n) is 5.18. The lowest BCUT2D eigenvalue weighted by Crippen LogP contribution is -2.50. The van der Waals surface area contributed by atoms with Crippen LogP contribution in [0.4, 0.5) is 0 Å². The number of aliphatic carboxylic acids is 1. The first-order valence-corrected chi connectivity index (χ1v) is 7.80. The monoisotopic (exact) mass is 369 g/mol. The van der Waals surface area contributed by atoms with Crippen molar-refractivity contribution in [1.29, 1.82) is 0 Å². The zero-order valence-electron chi connectivity index (χ0n) is 10.5. The van der Waals surface area contributed by atoms with Crippen molar-refractivity contribution in [1.82, 2.24) is 4.31 Å². The van der Waals surface area contributed by atoms with E-state index in [4.69, 9.17) is 16.7 Å². The maximum absolute atomic E-state index is 12.4. The molecule has 8 heteroatoms. The highest BCUT2D eigenvalue weighted by Crippen LogP contribution is 2.30. The second-order valence-electron chi connectivity index (χ2n) is 4.41. The zero-order chi connectivity index (χ0) is 15.0. The highest BCUT2D eigenvalue weighted by atomic mass is 79.9. The van der Waals surface area contributed by atoms with Crippen LogP contribution < -0.4 is 0 Å². The molecule has 0 spiro atoms. The van der Waals surface area contributed by atoms with Crippen molar-refractivity contribution < 1.29 is 18.3 Å². The number of carboxylic acids is 1. The Balaban J connectivity index is 3.36. The molecule has 0 bridgehead atoms. The SMILES string of the molecule is CN(C(C)(C)C(=O)O)S(=O)(=O)c1ccc(Br)cc1Cl. The molecule has 106 valence electrons. The molecule has 1 rings (SSSR count). The Morgan fingerprint density at radius 3 is 2.37 bits per heavy atom. The number of nitrogens with zero attached hydrogens (tertiary/aromatic N) is 1. The van der Waals surface area contributed by atoms with E-state index >= 15 is 0 Å². The van der Waals surface area contributed by atoms with Gasteiger partial charge >= 0.3 is 5.97 Å². The minimum atomic E-state index is -3.99. The summed E-state index contributed by atoms with van der Waals surface area (Å²) in [6, 6.07) is 4.30. The molecule has 19 heavy (non-hydrogen) atoms. The number of rotatable bonds is 4. The van der Waals surface area contributed by atoms with E-state index in [-0.39, 0.29) is 9.92 Å². The van der Waals surface area contributed by atoms with E-state index in [1.807, 2.05) is 0 Å². The van der Waals surface area contributed by atoms with Crippen LogP contribution in [0.3, 0.4) is 0 Å². The summed E-state index contributed by atoms with van der Waals surface area (Å²) in [5.41, 5.74) is -1.57. The maximum Gasteiger partial charge on any atom is 0.324 e. The fourth-order valence-electron chi connectivity index (χ4n) is 1.27. The predicted molar refractivity (Wildman–Crippen MR) is 75.8 cm³/mol. The summed E-state index contributed by atoms with van der Waals surface area (Å²) in [5.74, 6) is -1.24. The normalized spacial score (nSPS) is 12.7. The second-order valence-corrected chi connectivity index (χ2v) is 7.67. The highest BCUT2D eigenvalue weighted by Gasteiger charge is 2.40. The highest BCUT2D eigenvalue weighted by molar-refractivity contribution is 9.10. The molecule has 0 saturated heterocycles. The van der Waals surface area contributed by atoms with E-state index in [9.17, 15) is 13.2 Å². The van der Waals surface area contributed by atoms with Gasteiger partial charge in [0, 0.05) is 11.5 Å². The number of sulfonamides is 1. The number of carbonyl (C=O) groups is 1. The first kappa shape index (κ1) is 16.4. The largest absolute Gasteiger partial charge is 0.480 e. The van der Waals surface area contributed by atoms with Gasteiger partial charge < -0.3 is 5.11 Å². The molecule has 1 aromatic carbocycles. The van der Waals surface area contributed by atoms with Gasteiger partial charge in [-0.15, -0.1) is 0 Å². The minimum absolute atomic E-state index is 0.0300. The molecule has 0 radical (unpaired) electrons. The van der Waals surface area contributed by atoms with Gasteiger partial charge in [0.05, 0.1) is 5.02 Å². The summed E-state index contributed by atoms with van der Waals surface area (Å²) in [7, 11) is -2.78. The number of likely N-dealkylation sites (N-methyl/N-ethyl adjacent to an activating group) is 1. The van der Waals surface area contributed by atoms with Crippen LogP contribution in [0, 0.1) is 0 Å². The van der Waals surface area contributed by atoms with Crippen molar-refractivity contribution in [2.45, 2.75) is 24.3 Å². The molecule has 0 unspecified atom stereocenters. The van der Waals surface area contributed by atoms with Crippen LogP contribution in [0.1, 0.15) is 13.8 Å². The minimum Gasteiger partial charge on any atom is -0.480 e. The lowest BCUT2D eigenvalue weighted by Gasteiger charge is -2.30. The van der Waals surface area contributed by atoms with E-state index in [0.717, 1.165) is 4.31 Å². The van der Waals surface area contributed by atoms with Gasteiger partial charge in [-0.2, -0.15) is 4.31 Å². The van der Waals surface area contributed by atoms with Gasteiger partial charge in [-0.1, -0.05) is 27.5 Å². The molecule has 1 aromatic rings. The van der Waals surface area contributed by atoms with Crippen LogP contribution in [-0.4, -0.2) is 36.4 Å². The third-order valence-corrected chi connectivity index (χ3v) is 5.85. The van der Waals surface area contributed by atoms with Gasteiger partial charge in [-0.3, -0.25) is 4.79 Å². The lowest BCUT2D eigenvalue weighted by molar-refractivity contribution is -0.145. The summed E-state index contributed by atoms with van der Waals surface area (Å²) in [6.07, 6.45) is 0. The fraction of sp³-hybridized carbons (Fsp3) is 0.364. The average Bonchev–Trinajstić information content (AvgIpc) is 2.27. The molecular formula is C11H13BrClNO4S. The fourth-order valence-corrected chi connectivity index (χ4v) is 3.75. The molecule has 0 amide bonds. The number of hydrogen-bond acceptors (Lipinski definition) is 3. The molecule has 0 heterocycles. The first-order chi connectivity index (χ1) is 8.51. The number of hydrogen-bond donors (Lipinski definition) is 1. The van der Waals surface area contributed by atoms with Crippen molar-refractivity contribution in [2.75, 3.05) is 7.05 Å². The van der Waals surface area contributed by atoms with Crippen molar-refractivity contribution in [3.05, 3.63) is 27.7 Å². The zero-order valence-corrected chi connectivity index (χ0v) is 13.7. The Labute approximate surface area is 125 Å². The topological polar surface area (TPSA) is 74.7 Å². The molecule has 0 aliphatic heterocycles. The molecule has 0 aliphatic carbocycles. The Kier molecular flexibility index (Phi) is 4.66. The molecule has 0 fully saturated rings. The molecular weight excluding hydrogens is 358 g/mol. The van der Waals surface area contributed by atoms with Crippen LogP contribution in [0.2, 0.25) is 5.02 Å². The molecule has 0 aromatic heterocycles. The summed E-state index contributed by atoms with van der Waals surface area (Å²) < 4.78 is 26.2. The van der Waals surface area contributed by atoms with Crippen molar-refractivity contribution in [3.8, 4) is 0 Å². The smallest absolute Gasteiger partial charge is 0.324 e. The van der Waals surface area contributed by atoms with Crippen molar-refractivity contribution >= 4 is 43.5 Å². The number of carboxylic acid groups (broad SMARTS) is 1. The van der Waals surface area contributed by atoms with E-state index in [2.05, 4.69) is 15.9 Å². The van der Waals surface area contributed by atoms with E-state index in [1.165, 1.54) is 39.1 Å². The van der Waals surface area contributed by atoms with Crippen molar-refractivity contribution in [2.24, 2.45) is 0 Å². The Morgan fingerprint density at radius 1 is 1.42 bits per heavy atom. The quantitative estimate of drug-likeness (QED) is 0.884. The van der Waals surface area contributed by atoms with E-state index in [1.54, 1.807) is 0 Å². The van der Waals surface area contributed by atoms with Crippen LogP contribution >= 0.6 is 27.5 Å². The number of halogens is 2. The number of benzene rings is 1. The van der Waals surface area contributed by atoms with Crippen molar-refractivity contribution in [3.63, 3.8) is 0 Å². The summed E-state index contributed by atoms with van der Waals surface area (Å²) in [5, 5.41) is 9.12. The third kappa shape index (κ3) is 3.10. The standard InChI is InChI=1S/C11H13BrClNO4S/c1-11(2,10(15)16)14(3)19(17,18)9-5-4-7(12)6-8(9)13/h4-6H,1-3H3,(H,15,16). The molecule has 1 N–H and O–H groups in total. The van der Waals surface area contributed by atoms with Crippen LogP contribution in [-0.2, 0) is 14.8 Å². The van der Waals surface area contributed by atoms with Crippen LogP contribution in [0.25, 0.3) is 0 Å². The third-order valence-electron chi connectivity index (χ3n) is 2.84. The van der Waals surface area contributed by atoms with Gasteiger partial charge in [0.1, 0.15) is 10.4 Å². The van der Waals surface area contributed by atoms with Crippen LogP contribution in [0.5, 0.6) is 0 Å². The molecule has 5 nitrogen and oxygen atoms in total. The van der Waals surface area contributed by atoms with Gasteiger partial charge in [0.15, 0.2) is 0 Å². The summed E-state index contributed by atoms with van der Waals surface area (Å²) in [6.45, 7) is 2.61. The van der Waals surface area contributed by atoms with E-state index < -0.39 is 21.5 Å². The van der Waals surface area contributed by atoms with Gasteiger partial charge in [0.2, 0.25) is 10.0 Å². The van der Waals surface area contributed by atoms with Gasteiger partial charge in [-0.25, -0.2) is 8.42 Å².